The van der Waals surface area contributed by atoms with Gasteiger partial charge in [-0.15, -0.1) is 0 Å². The van der Waals surface area contributed by atoms with Crippen molar-refractivity contribution < 1.29 is 14.2 Å². The summed E-state index contributed by atoms with van der Waals surface area (Å²) in [5.74, 6) is 0. The molecule has 72 valence electrons. The van der Waals surface area contributed by atoms with E-state index in [0.29, 0.717) is 26.1 Å². The zero-order chi connectivity index (χ0) is 9.03. The molecule has 0 bridgehead atoms. The van der Waals surface area contributed by atoms with Gasteiger partial charge in [-0.05, 0) is 6.92 Å². The Kier molecular flexibility index (Phi) is 3.43. The molecule has 1 aliphatic rings. The number of alkyl halides is 1. The van der Waals surface area contributed by atoms with Crippen LogP contribution in [0.15, 0.2) is 0 Å². The van der Waals surface area contributed by atoms with Crippen molar-refractivity contribution >= 4 is 0 Å². The van der Waals surface area contributed by atoms with Crippen LogP contribution < -0.4 is 5.32 Å². The monoisotopic (exact) mass is 177 g/mol. The van der Waals surface area contributed by atoms with E-state index in [1.165, 1.54) is 0 Å². The molecule has 2 N–H and O–H groups in total. The third-order valence-electron chi connectivity index (χ3n) is 2.36. The Balaban J connectivity index is 2.27. The van der Waals surface area contributed by atoms with Crippen LogP contribution in [-0.2, 0) is 4.74 Å². The molecule has 4 heteroatoms. The van der Waals surface area contributed by atoms with Crippen LogP contribution in [0.1, 0.15) is 13.3 Å². The second-order valence-electron chi connectivity index (χ2n) is 3.23. The first-order chi connectivity index (χ1) is 5.69. The Bertz CT molecular complexity index is 145. The smallest absolute Gasteiger partial charge is 0.105 e. The van der Waals surface area contributed by atoms with Gasteiger partial charge < -0.3 is 15.2 Å². The van der Waals surface area contributed by atoms with Crippen LogP contribution in [-0.4, -0.2) is 43.2 Å². The third kappa shape index (κ3) is 2.15. The van der Waals surface area contributed by atoms with Crippen molar-refractivity contribution in [3.05, 3.63) is 0 Å². The Hall–Kier alpha value is -0.190. The van der Waals surface area contributed by atoms with Crippen LogP contribution in [0.4, 0.5) is 4.39 Å². The lowest BCUT2D eigenvalue weighted by Crippen LogP contribution is -2.46. The van der Waals surface area contributed by atoms with E-state index in [1.807, 2.05) is 6.92 Å². The molecule has 0 aromatic rings. The summed E-state index contributed by atoms with van der Waals surface area (Å²) in [6.45, 7) is 2.75. The first-order valence-corrected chi connectivity index (χ1v) is 4.30. The lowest BCUT2D eigenvalue weighted by molar-refractivity contribution is -0.0261. The SMILES string of the molecule is CC1OCCC1(O)CNCCF. The number of rotatable bonds is 4. The van der Waals surface area contributed by atoms with E-state index in [1.54, 1.807) is 0 Å². The summed E-state index contributed by atoms with van der Waals surface area (Å²) in [6.07, 6.45) is 0.484. The summed E-state index contributed by atoms with van der Waals surface area (Å²) in [7, 11) is 0. The molecule has 2 unspecified atom stereocenters. The first kappa shape index (κ1) is 9.89. The quantitative estimate of drug-likeness (QED) is 0.598. The lowest BCUT2D eigenvalue weighted by Gasteiger charge is -2.25. The van der Waals surface area contributed by atoms with Crippen molar-refractivity contribution in [3.8, 4) is 0 Å². The topological polar surface area (TPSA) is 41.5 Å². The number of ether oxygens (including phenoxy) is 1. The van der Waals surface area contributed by atoms with Gasteiger partial charge in [0.15, 0.2) is 0 Å². The van der Waals surface area contributed by atoms with E-state index in [4.69, 9.17) is 4.74 Å². The van der Waals surface area contributed by atoms with Crippen molar-refractivity contribution in [2.24, 2.45) is 0 Å². The highest BCUT2D eigenvalue weighted by atomic mass is 19.1. The molecular weight excluding hydrogens is 161 g/mol. The number of hydrogen-bond acceptors (Lipinski definition) is 3. The molecule has 2 atom stereocenters. The fourth-order valence-electron chi connectivity index (χ4n) is 1.37. The lowest BCUT2D eigenvalue weighted by atomic mass is 9.97. The molecule has 1 fully saturated rings. The third-order valence-corrected chi connectivity index (χ3v) is 2.36. The maximum absolute atomic E-state index is 11.7. The van der Waals surface area contributed by atoms with Crippen LogP contribution in [0.2, 0.25) is 0 Å². The van der Waals surface area contributed by atoms with Gasteiger partial charge in [-0.1, -0.05) is 0 Å². The second kappa shape index (κ2) is 4.16. The van der Waals surface area contributed by atoms with Crippen LogP contribution in [0, 0.1) is 0 Å². The highest BCUT2D eigenvalue weighted by molar-refractivity contribution is 4.91. The Labute approximate surface area is 71.9 Å². The molecule has 0 radical (unpaired) electrons. The molecule has 12 heavy (non-hydrogen) atoms. The summed E-state index contributed by atoms with van der Waals surface area (Å²) >= 11 is 0. The second-order valence-corrected chi connectivity index (χ2v) is 3.23. The molecule has 0 saturated carbocycles. The van der Waals surface area contributed by atoms with E-state index in [2.05, 4.69) is 5.32 Å². The highest BCUT2D eigenvalue weighted by Crippen LogP contribution is 2.24. The zero-order valence-corrected chi connectivity index (χ0v) is 7.35. The van der Waals surface area contributed by atoms with Gasteiger partial charge in [-0.2, -0.15) is 0 Å². The normalized spacial score (nSPS) is 35.8. The number of hydrogen-bond donors (Lipinski definition) is 2. The van der Waals surface area contributed by atoms with E-state index in [-0.39, 0.29) is 6.10 Å². The van der Waals surface area contributed by atoms with Crippen LogP contribution in [0.3, 0.4) is 0 Å². The fraction of sp³-hybridized carbons (Fsp3) is 1.00. The van der Waals surface area contributed by atoms with Crippen LogP contribution in [0.25, 0.3) is 0 Å². The number of nitrogens with one attached hydrogen (secondary N) is 1. The van der Waals surface area contributed by atoms with Gasteiger partial charge in [-0.3, -0.25) is 0 Å². The summed E-state index contributed by atoms with van der Waals surface area (Å²) in [4.78, 5) is 0. The van der Waals surface area contributed by atoms with Crippen molar-refractivity contribution in [2.75, 3.05) is 26.4 Å². The summed E-state index contributed by atoms with van der Waals surface area (Å²) in [5, 5.41) is 12.7. The van der Waals surface area contributed by atoms with Gasteiger partial charge in [0.05, 0.1) is 6.10 Å². The standard InChI is InChI=1S/C8H16FNO2/c1-7-8(11,2-5-12-7)6-10-4-3-9/h7,10-11H,2-6H2,1H3. The van der Waals surface area contributed by atoms with Gasteiger partial charge in [0.25, 0.3) is 0 Å². The maximum atomic E-state index is 11.7. The molecule has 0 aliphatic carbocycles. The van der Waals surface area contributed by atoms with Gasteiger partial charge in [-0.25, -0.2) is 4.39 Å². The minimum atomic E-state index is -0.796. The van der Waals surface area contributed by atoms with Crippen molar-refractivity contribution in [2.45, 2.75) is 25.0 Å². The Morgan fingerprint density at radius 3 is 3.00 bits per heavy atom. The summed E-state index contributed by atoms with van der Waals surface area (Å²) in [6, 6.07) is 0. The fourth-order valence-corrected chi connectivity index (χ4v) is 1.37. The highest BCUT2D eigenvalue weighted by Gasteiger charge is 2.38. The number of aliphatic hydroxyl groups is 1. The molecule has 3 nitrogen and oxygen atoms in total. The molecule has 0 aromatic carbocycles. The van der Waals surface area contributed by atoms with Crippen LogP contribution >= 0.6 is 0 Å². The predicted octanol–water partition coefficient (Wildman–Crippen LogP) is 0.0854. The molecule has 1 rings (SSSR count). The molecule has 0 spiro atoms. The number of halogens is 1. The average Bonchev–Trinajstić information content (AvgIpc) is 2.34. The molecular formula is C8H16FNO2. The van der Waals surface area contributed by atoms with E-state index >= 15 is 0 Å². The van der Waals surface area contributed by atoms with Crippen molar-refractivity contribution in [1.82, 2.24) is 5.32 Å². The van der Waals surface area contributed by atoms with Gasteiger partial charge in [0.2, 0.25) is 0 Å². The van der Waals surface area contributed by atoms with Gasteiger partial charge >= 0.3 is 0 Å². The maximum Gasteiger partial charge on any atom is 0.105 e. The van der Waals surface area contributed by atoms with E-state index in [9.17, 15) is 9.50 Å². The minimum absolute atomic E-state index is 0.149. The Morgan fingerprint density at radius 2 is 2.50 bits per heavy atom. The van der Waals surface area contributed by atoms with Crippen molar-refractivity contribution in [3.63, 3.8) is 0 Å². The minimum Gasteiger partial charge on any atom is -0.386 e. The predicted molar refractivity (Wildman–Crippen MR) is 43.8 cm³/mol. The van der Waals surface area contributed by atoms with Gasteiger partial charge in [0, 0.05) is 26.1 Å². The summed E-state index contributed by atoms with van der Waals surface area (Å²) in [5.41, 5.74) is -0.796. The summed E-state index contributed by atoms with van der Waals surface area (Å²) < 4.78 is 16.9. The largest absolute Gasteiger partial charge is 0.386 e. The Morgan fingerprint density at radius 1 is 1.75 bits per heavy atom. The van der Waals surface area contributed by atoms with Crippen LogP contribution in [0.5, 0.6) is 0 Å². The molecule has 0 amide bonds. The van der Waals surface area contributed by atoms with Crippen molar-refractivity contribution in [1.29, 1.82) is 0 Å². The molecule has 1 saturated heterocycles. The molecule has 1 aliphatic heterocycles. The zero-order valence-electron chi connectivity index (χ0n) is 7.35. The van der Waals surface area contributed by atoms with Gasteiger partial charge in [0.1, 0.15) is 12.3 Å². The average molecular weight is 177 g/mol. The van der Waals surface area contributed by atoms with E-state index < -0.39 is 12.3 Å². The molecule has 0 aromatic heterocycles. The molecule has 1 heterocycles. The first-order valence-electron chi connectivity index (χ1n) is 4.30. The van der Waals surface area contributed by atoms with E-state index in [0.717, 1.165) is 0 Å².